The summed E-state index contributed by atoms with van der Waals surface area (Å²) in [6.45, 7) is 8.27. The van der Waals surface area contributed by atoms with Crippen LogP contribution in [0.15, 0.2) is 57.4 Å². The number of fused-ring (bicyclic) bond motifs is 1. The average molecular weight is 474 g/mol. The maximum absolute atomic E-state index is 12.9. The SMILES string of the molecule is Cc1ccc(C)c(-n2c(C)cc(/C=C3/C(=N)N4N=C(Cc5cccs5)SC4=NC3=O)c2C)c1. The van der Waals surface area contributed by atoms with Crippen molar-refractivity contribution >= 4 is 51.1 Å². The normalized spacial score (nSPS) is 17.0. The number of nitrogens with one attached hydrogen (secondary N) is 1. The van der Waals surface area contributed by atoms with Gasteiger partial charge in [-0.1, -0.05) is 18.2 Å². The predicted molar refractivity (Wildman–Crippen MR) is 138 cm³/mol. The first-order valence-corrected chi connectivity index (χ1v) is 12.3. The van der Waals surface area contributed by atoms with Crippen LogP contribution in [-0.2, 0) is 11.2 Å². The molecule has 0 aliphatic carbocycles. The lowest BCUT2D eigenvalue weighted by molar-refractivity contribution is -0.114. The van der Waals surface area contributed by atoms with Gasteiger partial charge in [0.05, 0.1) is 5.57 Å². The minimum Gasteiger partial charge on any atom is -0.318 e. The molecule has 1 aromatic carbocycles. The van der Waals surface area contributed by atoms with Crippen LogP contribution in [-0.4, -0.2) is 31.5 Å². The van der Waals surface area contributed by atoms with Crippen molar-refractivity contribution in [2.24, 2.45) is 10.1 Å². The fraction of sp³-hybridized carbons (Fsp3) is 0.200. The molecule has 2 aliphatic heterocycles. The summed E-state index contributed by atoms with van der Waals surface area (Å²) in [6.07, 6.45) is 2.45. The predicted octanol–water partition coefficient (Wildman–Crippen LogP) is 5.63. The smallest absolute Gasteiger partial charge is 0.283 e. The quantitative estimate of drug-likeness (QED) is 0.499. The molecule has 1 amide bonds. The molecule has 4 heterocycles. The summed E-state index contributed by atoms with van der Waals surface area (Å²) in [5, 5.41) is 18.0. The first kappa shape index (κ1) is 21.6. The molecule has 0 saturated carbocycles. The molecule has 0 saturated heterocycles. The lowest BCUT2D eigenvalue weighted by Gasteiger charge is -2.20. The number of thioether (sulfide) groups is 1. The van der Waals surface area contributed by atoms with Gasteiger partial charge in [-0.05, 0) is 85.8 Å². The van der Waals surface area contributed by atoms with E-state index in [-0.39, 0.29) is 11.4 Å². The van der Waals surface area contributed by atoms with E-state index in [9.17, 15) is 4.79 Å². The Kier molecular flexibility index (Phi) is 5.42. The highest BCUT2D eigenvalue weighted by Crippen LogP contribution is 2.31. The number of hydrogen-bond donors (Lipinski definition) is 1. The third-order valence-electron chi connectivity index (χ3n) is 5.78. The molecule has 0 atom stereocenters. The number of amides is 1. The zero-order chi connectivity index (χ0) is 23.3. The Bertz CT molecular complexity index is 1390. The van der Waals surface area contributed by atoms with E-state index in [0.29, 0.717) is 11.6 Å². The second kappa shape index (κ2) is 8.28. The highest BCUT2D eigenvalue weighted by molar-refractivity contribution is 8.27. The Balaban J connectivity index is 1.49. The van der Waals surface area contributed by atoms with E-state index in [2.05, 4.69) is 59.7 Å². The molecule has 5 rings (SSSR count). The van der Waals surface area contributed by atoms with Crippen LogP contribution in [0, 0.1) is 33.1 Å². The molecule has 0 spiro atoms. The van der Waals surface area contributed by atoms with Gasteiger partial charge in [0.1, 0.15) is 5.04 Å². The average Bonchev–Trinajstić information content (AvgIpc) is 3.48. The summed E-state index contributed by atoms with van der Waals surface area (Å²) in [7, 11) is 0. The number of rotatable bonds is 4. The number of aromatic nitrogens is 1. The minimum absolute atomic E-state index is 0.0650. The topological polar surface area (TPSA) is 73.8 Å². The largest absolute Gasteiger partial charge is 0.318 e. The lowest BCUT2D eigenvalue weighted by Crippen LogP contribution is -2.35. The highest BCUT2D eigenvalue weighted by atomic mass is 32.2. The van der Waals surface area contributed by atoms with Crippen molar-refractivity contribution in [3.63, 3.8) is 0 Å². The molecule has 0 bridgehead atoms. The summed E-state index contributed by atoms with van der Waals surface area (Å²) < 4.78 is 2.20. The fourth-order valence-corrected chi connectivity index (χ4v) is 5.79. The van der Waals surface area contributed by atoms with Crippen molar-refractivity contribution in [2.45, 2.75) is 34.1 Å². The van der Waals surface area contributed by atoms with Crippen molar-refractivity contribution in [3.05, 3.63) is 80.3 Å². The first-order chi connectivity index (χ1) is 15.8. The molecule has 2 aliphatic rings. The van der Waals surface area contributed by atoms with Gasteiger partial charge in [-0.15, -0.1) is 11.3 Å². The van der Waals surface area contributed by atoms with Gasteiger partial charge < -0.3 is 4.57 Å². The van der Waals surface area contributed by atoms with Gasteiger partial charge in [0, 0.05) is 28.4 Å². The van der Waals surface area contributed by atoms with Crippen molar-refractivity contribution in [3.8, 4) is 5.69 Å². The van der Waals surface area contributed by atoms with Crippen LogP contribution < -0.4 is 0 Å². The van der Waals surface area contributed by atoms with Gasteiger partial charge >= 0.3 is 0 Å². The van der Waals surface area contributed by atoms with E-state index in [1.54, 1.807) is 17.4 Å². The summed E-state index contributed by atoms with van der Waals surface area (Å²) in [5.74, 6) is -0.335. The lowest BCUT2D eigenvalue weighted by atomic mass is 10.1. The molecular weight excluding hydrogens is 450 g/mol. The number of carbonyl (C=O) groups excluding carboxylic acids is 1. The molecule has 2 aromatic heterocycles. The van der Waals surface area contributed by atoms with E-state index in [1.165, 1.54) is 32.8 Å². The van der Waals surface area contributed by atoms with Crippen molar-refractivity contribution in [1.29, 1.82) is 5.41 Å². The Morgan fingerprint density at radius 3 is 2.70 bits per heavy atom. The summed E-state index contributed by atoms with van der Waals surface area (Å²) >= 11 is 3.02. The van der Waals surface area contributed by atoms with Gasteiger partial charge in [0.25, 0.3) is 5.91 Å². The zero-order valence-electron chi connectivity index (χ0n) is 18.8. The second-order valence-electron chi connectivity index (χ2n) is 8.22. The maximum atomic E-state index is 12.9. The van der Waals surface area contributed by atoms with Crippen LogP contribution in [0.2, 0.25) is 0 Å². The van der Waals surface area contributed by atoms with E-state index in [1.807, 2.05) is 24.4 Å². The van der Waals surface area contributed by atoms with Crippen LogP contribution in [0.25, 0.3) is 11.8 Å². The van der Waals surface area contributed by atoms with Gasteiger partial charge in [-0.25, -0.2) is 0 Å². The van der Waals surface area contributed by atoms with Crippen LogP contribution in [0.1, 0.15) is 33.0 Å². The Morgan fingerprint density at radius 1 is 1.12 bits per heavy atom. The molecule has 3 aromatic rings. The van der Waals surface area contributed by atoms with Crippen molar-refractivity contribution in [2.75, 3.05) is 0 Å². The second-order valence-corrected chi connectivity index (χ2v) is 10.3. The standard InChI is InChI=1S/C25H23N5OS2/c1-14-7-8-15(2)21(10-14)29-16(3)11-18(17(29)4)12-20-23(26)30-25(27-24(20)31)33-22(28-30)13-19-6-5-9-32-19/h5-12,26H,13H2,1-4H3/b20-12-,26-23?. The molecule has 8 heteroatoms. The third-order valence-corrected chi connectivity index (χ3v) is 7.56. The van der Waals surface area contributed by atoms with Crippen molar-refractivity contribution in [1.82, 2.24) is 9.58 Å². The number of hydrazone groups is 1. The number of thiophene rings is 1. The number of aliphatic imine (C=N–C) groups is 1. The summed E-state index contributed by atoms with van der Waals surface area (Å²) in [6, 6.07) is 12.5. The van der Waals surface area contributed by atoms with Crippen LogP contribution in [0.4, 0.5) is 0 Å². The maximum Gasteiger partial charge on any atom is 0.283 e. The fourth-order valence-electron chi connectivity index (χ4n) is 4.09. The molecule has 1 N–H and O–H groups in total. The first-order valence-electron chi connectivity index (χ1n) is 10.6. The molecule has 0 radical (unpaired) electrons. The van der Waals surface area contributed by atoms with E-state index >= 15 is 0 Å². The number of nitrogens with zero attached hydrogens (tertiary/aromatic N) is 4. The summed E-state index contributed by atoms with van der Waals surface area (Å²) in [5.41, 5.74) is 6.73. The summed E-state index contributed by atoms with van der Waals surface area (Å²) in [4.78, 5) is 18.3. The number of amidine groups is 2. The number of carbonyl (C=O) groups is 1. The molecular formula is C25H23N5OS2. The Labute approximate surface area is 200 Å². The Hall–Kier alpha value is -3.23. The van der Waals surface area contributed by atoms with Gasteiger partial charge in [0.15, 0.2) is 5.84 Å². The van der Waals surface area contributed by atoms with E-state index in [4.69, 9.17) is 5.41 Å². The highest BCUT2D eigenvalue weighted by Gasteiger charge is 2.35. The molecule has 33 heavy (non-hydrogen) atoms. The Morgan fingerprint density at radius 2 is 1.94 bits per heavy atom. The van der Waals surface area contributed by atoms with Gasteiger partial charge in [-0.2, -0.15) is 15.1 Å². The van der Waals surface area contributed by atoms with Crippen LogP contribution in [0.5, 0.6) is 0 Å². The third kappa shape index (κ3) is 3.89. The molecule has 166 valence electrons. The minimum atomic E-state index is -0.400. The molecule has 0 unspecified atom stereocenters. The van der Waals surface area contributed by atoms with Crippen molar-refractivity contribution < 1.29 is 4.79 Å². The number of benzene rings is 1. The van der Waals surface area contributed by atoms with Gasteiger partial charge in [0.2, 0.25) is 5.17 Å². The number of aryl methyl sites for hydroxylation is 3. The van der Waals surface area contributed by atoms with Crippen LogP contribution in [0.3, 0.4) is 0 Å². The monoisotopic (exact) mass is 473 g/mol. The van der Waals surface area contributed by atoms with E-state index in [0.717, 1.165) is 27.7 Å². The van der Waals surface area contributed by atoms with Crippen LogP contribution >= 0.6 is 23.1 Å². The zero-order valence-corrected chi connectivity index (χ0v) is 20.5. The van der Waals surface area contributed by atoms with Gasteiger partial charge in [-0.3, -0.25) is 10.2 Å². The van der Waals surface area contributed by atoms with E-state index < -0.39 is 5.91 Å². The molecule has 0 fully saturated rings. The number of hydrogen-bond acceptors (Lipinski definition) is 5. The molecule has 6 nitrogen and oxygen atoms in total.